The molecule has 0 spiro atoms. The van der Waals surface area contributed by atoms with E-state index in [9.17, 15) is 0 Å². The molecular weight excluding hydrogens is 186 g/mol. The summed E-state index contributed by atoms with van der Waals surface area (Å²) in [4.78, 5) is 0. The maximum atomic E-state index is 5.12. The third-order valence-corrected chi connectivity index (χ3v) is 2.84. The second-order valence-electron chi connectivity index (χ2n) is 3.78. The number of benzene rings is 1. The molecule has 1 N–H and O–H groups in total. The standard InChI is InChI=1S/C13H21NO/c1-4-12(14-2)8-5-11-6-9-13(15-3)10-7-11/h6-7,9-10,12,14H,4-5,8H2,1-3H3. The van der Waals surface area contributed by atoms with Gasteiger partial charge in [-0.3, -0.25) is 0 Å². The molecule has 2 heteroatoms. The van der Waals surface area contributed by atoms with Crippen molar-refractivity contribution in [2.24, 2.45) is 0 Å². The fraction of sp³-hybridized carbons (Fsp3) is 0.538. The van der Waals surface area contributed by atoms with Crippen LogP contribution < -0.4 is 10.1 Å². The topological polar surface area (TPSA) is 21.3 Å². The maximum absolute atomic E-state index is 5.12. The van der Waals surface area contributed by atoms with E-state index in [-0.39, 0.29) is 0 Å². The Morgan fingerprint density at radius 3 is 2.40 bits per heavy atom. The Bertz CT molecular complexity index is 264. The van der Waals surface area contributed by atoms with E-state index in [0.717, 1.165) is 12.2 Å². The average Bonchev–Trinajstić information content (AvgIpc) is 2.31. The number of rotatable bonds is 6. The first-order chi connectivity index (χ1) is 7.30. The van der Waals surface area contributed by atoms with Crippen LogP contribution in [0.1, 0.15) is 25.3 Å². The molecule has 0 aliphatic rings. The van der Waals surface area contributed by atoms with Crippen molar-refractivity contribution in [3.8, 4) is 5.75 Å². The van der Waals surface area contributed by atoms with Gasteiger partial charge in [-0.2, -0.15) is 0 Å². The van der Waals surface area contributed by atoms with Gasteiger partial charge in [-0.1, -0.05) is 19.1 Å². The molecule has 0 radical (unpaired) electrons. The van der Waals surface area contributed by atoms with Crippen molar-refractivity contribution in [2.45, 2.75) is 32.2 Å². The van der Waals surface area contributed by atoms with Gasteiger partial charge in [0, 0.05) is 6.04 Å². The molecule has 1 rings (SSSR count). The quantitative estimate of drug-likeness (QED) is 0.774. The van der Waals surface area contributed by atoms with Gasteiger partial charge >= 0.3 is 0 Å². The lowest BCUT2D eigenvalue weighted by Crippen LogP contribution is -2.24. The summed E-state index contributed by atoms with van der Waals surface area (Å²) in [6.07, 6.45) is 3.51. The Balaban J connectivity index is 2.43. The SMILES string of the molecule is CCC(CCc1ccc(OC)cc1)NC. The van der Waals surface area contributed by atoms with Gasteiger partial charge in [-0.05, 0) is 44.0 Å². The van der Waals surface area contributed by atoms with Gasteiger partial charge in [-0.25, -0.2) is 0 Å². The molecule has 0 saturated heterocycles. The summed E-state index contributed by atoms with van der Waals surface area (Å²) in [7, 11) is 3.73. The number of methoxy groups -OCH3 is 1. The van der Waals surface area contributed by atoms with Crippen LogP contribution in [0.25, 0.3) is 0 Å². The molecule has 15 heavy (non-hydrogen) atoms. The van der Waals surface area contributed by atoms with Crippen molar-refractivity contribution in [1.29, 1.82) is 0 Å². The Kier molecular flexibility index (Phi) is 5.19. The molecule has 84 valence electrons. The molecular formula is C13H21NO. The van der Waals surface area contributed by atoms with Crippen molar-refractivity contribution in [1.82, 2.24) is 5.32 Å². The summed E-state index contributed by atoms with van der Waals surface area (Å²) >= 11 is 0. The monoisotopic (exact) mass is 207 g/mol. The predicted molar refractivity (Wildman–Crippen MR) is 64.5 cm³/mol. The highest BCUT2D eigenvalue weighted by atomic mass is 16.5. The molecule has 0 heterocycles. The van der Waals surface area contributed by atoms with Gasteiger partial charge in [0.1, 0.15) is 5.75 Å². The molecule has 0 amide bonds. The lowest BCUT2D eigenvalue weighted by Gasteiger charge is -2.13. The summed E-state index contributed by atoms with van der Waals surface area (Å²) < 4.78 is 5.12. The predicted octanol–water partition coefficient (Wildman–Crippen LogP) is 2.63. The molecule has 1 unspecified atom stereocenters. The van der Waals surface area contributed by atoms with Crippen molar-refractivity contribution < 1.29 is 4.74 Å². The second-order valence-corrected chi connectivity index (χ2v) is 3.78. The van der Waals surface area contributed by atoms with E-state index < -0.39 is 0 Å². The summed E-state index contributed by atoms with van der Waals surface area (Å²) in [5.74, 6) is 0.930. The molecule has 0 fully saturated rings. The first-order valence-electron chi connectivity index (χ1n) is 5.60. The Labute approximate surface area is 92.6 Å². The summed E-state index contributed by atoms with van der Waals surface area (Å²) in [5, 5.41) is 3.32. The fourth-order valence-corrected chi connectivity index (χ4v) is 1.69. The van der Waals surface area contributed by atoms with Gasteiger partial charge in [0.25, 0.3) is 0 Å². The van der Waals surface area contributed by atoms with Crippen LogP contribution in [0.2, 0.25) is 0 Å². The first kappa shape index (κ1) is 12.1. The minimum atomic E-state index is 0.632. The Hall–Kier alpha value is -1.02. The summed E-state index contributed by atoms with van der Waals surface area (Å²) in [6.45, 7) is 2.22. The highest BCUT2D eigenvalue weighted by molar-refractivity contribution is 5.27. The van der Waals surface area contributed by atoms with Crippen LogP contribution in [0.3, 0.4) is 0 Å². The van der Waals surface area contributed by atoms with Crippen LogP contribution in [0.5, 0.6) is 5.75 Å². The molecule has 1 atom stereocenters. The van der Waals surface area contributed by atoms with Gasteiger partial charge in [-0.15, -0.1) is 0 Å². The van der Waals surface area contributed by atoms with Crippen molar-refractivity contribution in [2.75, 3.05) is 14.2 Å². The molecule has 2 nitrogen and oxygen atoms in total. The molecule has 1 aromatic carbocycles. The van der Waals surface area contributed by atoms with Crippen molar-refractivity contribution in [3.63, 3.8) is 0 Å². The summed E-state index contributed by atoms with van der Waals surface area (Å²) in [5.41, 5.74) is 1.38. The van der Waals surface area contributed by atoms with E-state index in [4.69, 9.17) is 4.74 Å². The molecule has 1 aromatic rings. The average molecular weight is 207 g/mol. The van der Waals surface area contributed by atoms with Crippen molar-refractivity contribution in [3.05, 3.63) is 29.8 Å². The van der Waals surface area contributed by atoms with E-state index in [2.05, 4.69) is 24.4 Å². The maximum Gasteiger partial charge on any atom is 0.118 e. The zero-order valence-electron chi connectivity index (χ0n) is 9.92. The molecule has 0 aliphatic carbocycles. The van der Waals surface area contributed by atoms with Crippen LogP contribution >= 0.6 is 0 Å². The smallest absolute Gasteiger partial charge is 0.118 e. The summed E-state index contributed by atoms with van der Waals surface area (Å²) in [6, 6.07) is 8.96. The van der Waals surface area contributed by atoms with Crippen LogP contribution in [0, 0.1) is 0 Å². The number of aryl methyl sites for hydroxylation is 1. The second kappa shape index (κ2) is 6.46. The third-order valence-electron chi connectivity index (χ3n) is 2.84. The van der Waals surface area contributed by atoms with Crippen LogP contribution in [-0.4, -0.2) is 20.2 Å². The lowest BCUT2D eigenvalue weighted by atomic mass is 10.0. The van der Waals surface area contributed by atoms with Gasteiger partial charge in [0.05, 0.1) is 7.11 Å². The lowest BCUT2D eigenvalue weighted by molar-refractivity contribution is 0.414. The first-order valence-corrected chi connectivity index (χ1v) is 5.60. The van der Waals surface area contributed by atoms with Gasteiger partial charge in [0.2, 0.25) is 0 Å². The fourth-order valence-electron chi connectivity index (χ4n) is 1.69. The number of nitrogens with one attached hydrogen (secondary N) is 1. The van der Waals surface area contributed by atoms with E-state index in [1.54, 1.807) is 7.11 Å². The minimum Gasteiger partial charge on any atom is -0.497 e. The molecule has 0 aromatic heterocycles. The molecule has 0 saturated carbocycles. The largest absolute Gasteiger partial charge is 0.497 e. The molecule has 0 bridgehead atoms. The van der Waals surface area contributed by atoms with Gasteiger partial charge < -0.3 is 10.1 Å². The van der Waals surface area contributed by atoms with Crippen LogP contribution in [0.4, 0.5) is 0 Å². The highest BCUT2D eigenvalue weighted by Crippen LogP contribution is 2.13. The minimum absolute atomic E-state index is 0.632. The van der Waals surface area contributed by atoms with E-state index >= 15 is 0 Å². The zero-order valence-corrected chi connectivity index (χ0v) is 9.92. The molecule has 0 aliphatic heterocycles. The van der Waals surface area contributed by atoms with E-state index in [1.807, 2.05) is 19.2 Å². The Morgan fingerprint density at radius 2 is 1.93 bits per heavy atom. The van der Waals surface area contributed by atoms with E-state index in [1.165, 1.54) is 18.4 Å². The third kappa shape index (κ3) is 3.92. The normalized spacial score (nSPS) is 12.5. The van der Waals surface area contributed by atoms with E-state index in [0.29, 0.717) is 6.04 Å². The number of hydrogen-bond acceptors (Lipinski definition) is 2. The van der Waals surface area contributed by atoms with Crippen LogP contribution in [-0.2, 0) is 6.42 Å². The van der Waals surface area contributed by atoms with Crippen molar-refractivity contribution >= 4 is 0 Å². The Morgan fingerprint density at radius 1 is 1.27 bits per heavy atom. The number of ether oxygens (including phenoxy) is 1. The zero-order chi connectivity index (χ0) is 11.1. The highest BCUT2D eigenvalue weighted by Gasteiger charge is 2.03. The van der Waals surface area contributed by atoms with Crippen LogP contribution in [0.15, 0.2) is 24.3 Å². The van der Waals surface area contributed by atoms with Gasteiger partial charge in [0.15, 0.2) is 0 Å². The number of hydrogen-bond donors (Lipinski definition) is 1.